The summed E-state index contributed by atoms with van der Waals surface area (Å²) < 4.78 is 27.3. The Morgan fingerprint density at radius 3 is 3.05 bits per heavy atom. The summed E-state index contributed by atoms with van der Waals surface area (Å²) in [5, 5.41) is 3.96. The molecule has 2 aromatic rings. The van der Waals surface area contributed by atoms with Crippen molar-refractivity contribution < 1.29 is 8.78 Å². The monoisotopic (exact) mass is 308 g/mol. The zero-order valence-electron chi connectivity index (χ0n) is 12.0. The molecule has 1 aromatic carbocycles. The predicted molar refractivity (Wildman–Crippen MR) is 81.7 cm³/mol. The van der Waals surface area contributed by atoms with Crippen LogP contribution >= 0.6 is 11.3 Å². The molecule has 3 rings (SSSR count). The number of aromatic nitrogens is 1. The Bertz CT molecular complexity index is 639. The number of benzene rings is 1. The maximum absolute atomic E-state index is 13.9. The number of likely N-dealkylation sites (N-methyl/N-ethyl adjacent to an activating group) is 1. The number of hydrogen-bond acceptors (Lipinski definition) is 3. The molecule has 1 atom stereocenters. The summed E-state index contributed by atoms with van der Waals surface area (Å²) in [5.74, 6) is -0.454. The second-order valence-corrected chi connectivity index (χ2v) is 6.43. The van der Waals surface area contributed by atoms with Gasteiger partial charge in [0.1, 0.15) is 16.6 Å². The lowest BCUT2D eigenvalue weighted by Crippen LogP contribution is -2.23. The summed E-state index contributed by atoms with van der Waals surface area (Å²) in [6, 6.07) is 3.54. The highest BCUT2D eigenvalue weighted by molar-refractivity contribution is 7.15. The fourth-order valence-corrected chi connectivity index (χ4v) is 4.01. The standard InChI is InChI=1S/C16H18F2N2S/c1-2-19-9-10-4-3-5-14-15(10)20-16(21-14)12-8-11(17)6-7-13(12)18/h6-8,10,19H,2-5,9H2,1H3. The van der Waals surface area contributed by atoms with Crippen LogP contribution in [0.3, 0.4) is 0 Å². The molecule has 0 spiro atoms. The molecule has 0 aliphatic heterocycles. The highest BCUT2D eigenvalue weighted by Crippen LogP contribution is 2.38. The first-order valence-corrected chi connectivity index (χ1v) is 8.16. The lowest BCUT2D eigenvalue weighted by Gasteiger charge is -2.21. The lowest BCUT2D eigenvalue weighted by atomic mass is 9.91. The third-order valence-electron chi connectivity index (χ3n) is 3.87. The van der Waals surface area contributed by atoms with Crippen molar-refractivity contribution in [3.63, 3.8) is 0 Å². The van der Waals surface area contributed by atoms with E-state index in [4.69, 9.17) is 0 Å². The maximum atomic E-state index is 13.9. The minimum absolute atomic E-state index is 0.275. The van der Waals surface area contributed by atoms with Gasteiger partial charge in [-0.15, -0.1) is 11.3 Å². The molecule has 1 aliphatic carbocycles. The Kier molecular flexibility index (Phi) is 4.31. The molecule has 0 amide bonds. The number of fused-ring (bicyclic) bond motifs is 1. The molecular weight excluding hydrogens is 290 g/mol. The van der Waals surface area contributed by atoms with Crippen molar-refractivity contribution in [2.45, 2.75) is 32.1 Å². The van der Waals surface area contributed by atoms with E-state index in [1.807, 2.05) is 0 Å². The van der Waals surface area contributed by atoms with Gasteiger partial charge in [0.2, 0.25) is 0 Å². The van der Waals surface area contributed by atoms with Gasteiger partial charge in [0, 0.05) is 22.9 Å². The van der Waals surface area contributed by atoms with E-state index in [9.17, 15) is 8.78 Å². The van der Waals surface area contributed by atoms with Crippen LogP contribution in [0.2, 0.25) is 0 Å². The van der Waals surface area contributed by atoms with Crippen molar-refractivity contribution in [3.8, 4) is 10.6 Å². The van der Waals surface area contributed by atoms with E-state index in [0.717, 1.165) is 44.1 Å². The summed E-state index contributed by atoms with van der Waals surface area (Å²) in [6.07, 6.45) is 3.23. The van der Waals surface area contributed by atoms with Crippen LogP contribution in [0.4, 0.5) is 8.78 Å². The second-order valence-electron chi connectivity index (χ2n) is 5.35. The topological polar surface area (TPSA) is 24.9 Å². The number of halogens is 2. The third-order valence-corrected chi connectivity index (χ3v) is 5.03. The lowest BCUT2D eigenvalue weighted by molar-refractivity contribution is 0.509. The average Bonchev–Trinajstić information content (AvgIpc) is 2.92. The molecule has 1 aliphatic rings. The summed E-state index contributed by atoms with van der Waals surface area (Å²) in [4.78, 5) is 5.85. The minimum Gasteiger partial charge on any atom is -0.316 e. The second kappa shape index (κ2) is 6.20. The molecule has 0 saturated heterocycles. The van der Waals surface area contributed by atoms with Gasteiger partial charge in [-0.1, -0.05) is 6.92 Å². The molecule has 1 heterocycles. The van der Waals surface area contributed by atoms with Crippen molar-refractivity contribution in [2.24, 2.45) is 0 Å². The van der Waals surface area contributed by atoms with Gasteiger partial charge < -0.3 is 5.32 Å². The molecule has 0 saturated carbocycles. The van der Waals surface area contributed by atoms with Gasteiger partial charge in [0.05, 0.1) is 5.69 Å². The molecule has 1 unspecified atom stereocenters. The Morgan fingerprint density at radius 1 is 1.38 bits per heavy atom. The van der Waals surface area contributed by atoms with Gasteiger partial charge >= 0.3 is 0 Å². The first-order valence-electron chi connectivity index (χ1n) is 7.34. The molecular formula is C16H18F2N2S. The SMILES string of the molecule is CCNCC1CCCc2sc(-c3cc(F)ccc3F)nc21. The van der Waals surface area contributed by atoms with Crippen molar-refractivity contribution in [1.82, 2.24) is 10.3 Å². The number of rotatable bonds is 4. The van der Waals surface area contributed by atoms with Crippen LogP contribution in [-0.4, -0.2) is 18.1 Å². The van der Waals surface area contributed by atoms with Crippen LogP contribution in [-0.2, 0) is 6.42 Å². The van der Waals surface area contributed by atoms with E-state index in [1.165, 1.54) is 28.3 Å². The highest BCUT2D eigenvalue weighted by Gasteiger charge is 2.25. The first kappa shape index (κ1) is 14.6. The third kappa shape index (κ3) is 2.99. The summed E-state index contributed by atoms with van der Waals surface area (Å²) >= 11 is 1.50. The van der Waals surface area contributed by atoms with E-state index in [2.05, 4.69) is 17.2 Å². The van der Waals surface area contributed by atoms with Gasteiger partial charge in [-0.2, -0.15) is 0 Å². The van der Waals surface area contributed by atoms with Gasteiger partial charge in [0.15, 0.2) is 0 Å². The fourth-order valence-electron chi connectivity index (χ4n) is 2.80. The van der Waals surface area contributed by atoms with Gasteiger partial charge in [-0.3, -0.25) is 0 Å². The van der Waals surface area contributed by atoms with E-state index in [0.29, 0.717) is 10.9 Å². The number of hydrogen-bond donors (Lipinski definition) is 1. The number of aryl methyl sites for hydroxylation is 1. The molecule has 0 bridgehead atoms. The largest absolute Gasteiger partial charge is 0.316 e. The van der Waals surface area contributed by atoms with Crippen molar-refractivity contribution in [3.05, 3.63) is 40.4 Å². The number of thiazole rings is 1. The minimum atomic E-state index is -0.427. The quantitative estimate of drug-likeness (QED) is 0.919. The van der Waals surface area contributed by atoms with Crippen LogP contribution in [0, 0.1) is 11.6 Å². The van der Waals surface area contributed by atoms with Crippen LogP contribution in [0.15, 0.2) is 18.2 Å². The first-order chi connectivity index (χ1) is 10.2. The summed E-state index contributed by atoms with van der Waals surface area (Å²) in [7, 11) is 0. The van der Waals surface area contributed by atoms with Crippen LogP contribution in [0.1, 0.15) is 36.3 Å². The molecule has 2 nitrogen and oxygen atoms in total. The number of nitrogens with one attached hydrogen (secondary N) is 1. The number of nitrogens with zero attached hydrogens (tertiary/aromatic N) is 1. The molecule has 5 heteroatoms. The van der Waals surface area contributed by atoms with Crippen LogP contribution in [0.25, 0.3) is 10.6 Å². The molecule has 1 N–H and O–H groups in total. The fraction of sp³-hybridized carbons (Fsp3) is 0.438. The molecule has 112 valence electrons. The van der Waals surface area contributed by atoms with Gasteiger partial charge in [-0.05, 0) is 44.0 Å². The van der Waals surface area contributed by atoms with E-state index >= 15 is 0 Å². The van der Waals surface area contributed by atoms with E-state index in [1.54, 1.807) is 0 Å². The van der Waals surface area contributed by atoms with E-state index in [-0.39, 0.29) is 5.56 Å². The summed E-state index contributed by atoms with van der Waals surface area (Å²) in [5.41, 5.74) is 1.35. The van der Waals surface area contributed by atoms with Crippen molar-refractivity contribution >= 4 is 11.3 Å². The molecule has 21 heavy (non-hydrogen) atoms. The normalized spacial score (nSPS) is 17.8. The molecule has 0 fully saturated rings. The smallest absolute Gasteiger partial charge is 0.133 e. The molecule has 0 radical (unpaired) electrons. The van der Waals surface area contributed by atoms with E-state index < -0.39 is 11.6 Å². The highest BCUT2D eigenvalue weighted by atomic mass is 32.1. The Morgan fingerprint density at radius 2 is 2.24 bits per heavy atom. The zero-order valence-corrected chi connectivity index (χ0v) is 12.8. The van der Waals surface area contributed by atoms with Crippen molar-refractivity contribution in [2.75, 3.05) is 13.1 Å². The Balaban J connectivity index is 1.96. The van der Waals surface area contributed by atoms with Gasteiger partial charge in [-0.25, -0.2) is 13.8 Å². The Labute approximate surface area is 127 Å². The average molecular weight is 308 g/mol. The summed E-state index contributed by atoms with van der Waals surface area (Å²) in [6.45, 7) is 3.91. The maximum Gasteiger partial charge on any atom is 0.133 e. The Hall–Kier alpha value is -1.33. The van der Waals surface area contributed by atoms with Gasteiger partial charge in [0.25, 0.3) is 0 Å². The zero-order chi connectivity index (χ0) is 14.8. The predicted octanol–water partition coefficient (Wildman–Crippen LogP) is 4.12. The van der Waals surface area contributed by atoms with Crippen molar-refractivity contribution in [1.29, 1.82) is 0 Å². The van der Waals surface area contributed by atoms with Crippen LogP contribution < -0.4 is 5.32 Å². The molecule has 1 aromatic heterocycles. The van der Waals surface area contributed by atoms with Crippen LogP contribution in [0.5, 0.6) is 0 Å².